The Kier molecular flexibility index (Phi) is 8.62. The van der Waals surface area contributed by atoms with E-state index in [1.54, 1.807) is 6.92 Å². The van der Waals surface area contributed by atoms with Gasteiger partial charge in [0.2, 0.25) is 17.7 Å². The van der Waals surface area contributed by atoms with Crippen molar-refractivity contribution in [2.75, 3.05) is 20.2 Å². The maximum atomic E-state index is 13.8. The van der Waals surface area contributed by atoms with Crippen LogP contribution < -0.4 is 16.0 Å². The molecule has 0 aliphatic carbocycles. The third-order valence-electron chi connectivity index (χ3n) is 7.09. The molecular weight excluding hydrogens is 506 g/mol. The molecule has 12 nitrogen and oxygen atoms in total. The molecule has 0 spiro atoms. The summed E-state index contributed by atoms with van der Waals surface area (Å²) in [4.78, 5) is 66.2. The van der Waals surface area contributed by atoms with Crippen LogP contribution in [0.3, 0.4) is 0 Å². The number of aryl methyl sites for hydroxylation is 1. The number of hydrogen-bond donors (Lipinski definition) is 3. The van der Waals surface area contributed by atoms with Crippen LogP contribution >= 0.6 is 0 Å². The average molecular weight is 540 g/mol. The largest absolute Gasteiger partial charge is 0.467 e. The van der Waals surface area contributed by atoms with E-state index in [1.165, 1.54) is 18.1 Å². The van der Waals surface area contributed by atoms with Gasteiger partial charge < -0.3 is 30.1 Å². The maximum Gasteiger partial charge on any atom is 0.328 e. The SMILES string of the molecule is COC(=O)C1Cc2ccc(cc2)C[C@H](C)[C@H](NC(=O)c2cc(C)on2)C(=O)N2CCC[C@H]2C(=O)NCC(=O)N1. The van der Waals surface area contributed by atoms with E-state index in [0.29, 0.717) is 31.6 Å². The Hall–Kier alpha value is -4.22. The fourth-order valence-electron chi connectivity index (χ4n) is 5.02. The number of carbonyl (C=O) groups excluding carboxylic acids is 5. The Morgan fingerprint density at radius 2 is 1.82 bits per heavy atom. The molecule has 0 radical (unpaired) electrons. The normalized spacial score (nSPS) is 24.4. The summed E-state index contributed by atoms with van der Waals surface area (Å²) in [7, 11) is 1.24. The molecule has 3 aliphatic rings. The van der Waals surface area contributed by atoms with E-state index < -0.39 is 41.8 Å². The van der Waals surface area contributed by atoms with Gasteiger partial charge in [0.25, 0.3) is 5.91 Å². The number of fused-ring (bicyclic) bond motifs is 11. The lowest BCUT2D eigenvalue weighted by molar-refractivity contribution is -0.145. The van der Waals surface area contributed by atoms with Crippen molar-refractivity contribution in [1.82, 2.24) is 26.0 Å². The molecular formula is C27H33N5O7. The fourth-order valence-corrected chi connectivity index (χ4v) is 5.02. The number of esters is 1. The Labute approximate surface area is 225 Å². The summed E-state index contributed by atoms with van der Waals surface area (Å²) in [5.74, 6) is -2.45. The standard InChI is InChI=1S/C27H33N5O7/c1-15-11-17-6-8-18(9-7-17)13-20(27(37)38-3)29-22(33)14-28-25(35)21-5-4-10-32(21)26(36)23(15)30-24(34)19-12-16(2)39-31-19/h6-9,12,15,20-21,23H,4-5,10-11,13-14H2,1-3H3,(H,28,35)(H,29,33)(H,30,34)/t15-,20?,21-,23-/m0/s1. The highest BCUT2D eigenvalue weighted by Crippen LogP contribution is 2.23. The Bertz CT molecular complexity index is 1240. The van der Waals surface area contributed by atoms with E-state index in [2.05, 4.69) is 21.1 Å². The summed E-state index contributed by atoms with van der Waals surface area (Å²) in [5, 5.41) is 11.8. The summed E-state index contributed by atoms with van der Waals surface area (Å²) in [6, 6.07) is 6.27. The van der Waals surface area contributed by atoms with Crippen LogP contribution in [0.2, 0.25) is 0 Å². The van der Waals surface area contributed by atoms with Crippen LogP contribution in [0.4, 0.5) is 0 Å². The molecule has 4 amide bonds. The highest BCUT2D eigenvalue weighted by Gasteiger charge is 2.40. The van der Waals surface area contributed by atoms with Gasteiger partial charge in [-0.1, -0.05) is 36.3 Å². The topological polar surface area (TPSA) is 160 Å². The van der Waals surface area contributed by atoms with Crippen molar-refractivity contribution in [2.24, 2.45) is 5.92 Å². The van der Waals surface area contributed by atoms with Gasteiger partial charge in [-0.2, -0.15) is 0 Å². The molecule has 0 saturated carbocycles. The number of aromatic nitrogens is 1. The molecule has 1 aromatic carbocycles. The van der Waals surface area contributed by atoms with Gasteiger partial charge in [-0.05, 0) is 43.2 Å². The minimum Gasteiger partial charge on any atom is -0.467 e. The number of methoxy groups -OCH3 is 1. The first-order valence-electron chi connectivity index (χ1n) is 12.9. The lowest BCUT2D eigenvalue weighted by Crippen LogP contribution is -2.56. The number of benzene rings is 1. The van der Waals surface area contributed by atoms with Crippen molar-refractivity contribution in [1.29, 1.82) is 0 Å². The number of hydrogen-bond acceptors (Lipinski definition) is 8. The van der Waals surface area contributed by atoms with E-state index >= 15 is 0 Å². The van der Waals surface area contributed by atoms with E-state index in [9.17, 15) is 24.0 Å². The predicted octanol–water partition coefficient (Wildman–Crippen LogP) is 0.281. The van der Waals surface area contributed by atoms with Crippen LogP contribution in [0.5, 0.6) is 0 Å². The molecule has 5 rings (SSSR count). The van der Waals surface area contributed by atoms with Gasteiger partial charge in [0.1, 0.15) is 23.9 Å². The van der Waals surface area contributed by atoms with Crippen molar-refractivity contribution in [2.45, 2.75) is 57.7 Å². The van der Waals surface area contributed by atoms with E-state index in [0.717, 1.165) is 11.1 Å². The van der Waals surface area contributed by atoms with Gasteiger partial charge in [-0.25, -0.2) is 4.79 Å². The maximum absolute atomic E-state index is 13.8. The molecule has 1 saturated heterocycles. The Balaban J connectivity index is 1.65. The second-order valence-electron chi connectivity index (χ2n) is 10.0. The molecule has 2 bridgehead atoms. The molecule has 208 valence electrons. The van der Waals surface area contributed by atoms with Gasteiger partial charge >= 0.3 is 5.97 Å². The van der Waals surface area contributed by atoms with Crippen molar-refractivity contribution in [3.63, 3.8) is 0 Å². The number of ether oxygens (including phenoxy) is 1. The van der Waals surface area contributed by atoms with E-state index in [4.69, 9.17) is 9.26 Å². The van der Waals surface area contributed by atoms with Gasteiger partial charge in [0.05, 0.1) is 13.7 Å². The monoisotopic (exact) mass is 539 g/mol. The van der Waals surface area contributed by atoms with E-state index in [-0.39, 0.29) is 30.5 Å². The lowest BCUT2D eigenvalue weighted by Gasteiger charge is -2.31. The first-order valence-corrected chi connectivity index (χ1v) is 12.9. The number of amides is 4. The van der Waals surface area contributed by atoms with Crippen LogP contribution in [0.15, 0.2) is 34.9 Å². The van der Waals surface area contributed by atoms with Gasteiger partial charge in [0, 0.05) is 19.0 Å². The second-order valence-corrected chi connectivity index (χ2v) is 10.0. The summed E-state index contributed by atoms with van der Waals surface area (Å²) in [5.41, 5.74) is 1.76. The number of nitrogens with one attached hydrogen (secondary N) is 3. The van der Waals surface area contributed by atoms with Gasteiger partial charge in [-0.3, -0.25) is 19.2 Å². The van der Waals surface area contributed by atoms with Crippen LogP contribution in [-0.2, 0) is 36.8 Å². The first-order chi connectivity index (χ1) is 18.7. The number of nitrogens with zero attached hydrogens (tertiary/aromatic N) is 2. The highest BCUT2D eigenvalue weighted by atomic mass is 16.5. The summed E-state index contributed by atoms with van der Waals surface area (Å²) < 4.78 is 9.86. The predicted molar refractivity (Wildman–Crippen MR) is 137 cm³/mol. The fraction of sp³-hybridized carbons (Fsp3) is 0.481. The number of rotatable bonds is 3. The van der Waals surface area contributed by atoms with E-state index in [1.807, 2.05) is 31.2 Å². The van der Waals surface area contributed by atoms with Crippen molar-refractivity contribution in [3.8, 4) is 0 Å². The third kappa shape index (κ3) is 6.62. The molecule has 1 unspecified atom stereocenters. The van der Waals surface area contributed by atoms with Crippen molar-refractivity contribution in [3.05, 3.63) is 52.9 Å². The summed E-state index contributed by atoms with van der Waals surface area (Å²) in [6.07, 6.45) is 1.67. The van der Waals surface area contributed by atoms with Crippen LogP contribution in [0.1, 0.15) is 47.1 Å². The summed E-state index contributed by atoms with van der Waals surface area (Å²) >= 11 is 0. The first kappa shape index (κ1) is 27.8. The second kappa shape index (κ2) is 12.1. The zero-order chi connectivity index (χ0) is 28.1. The smallest absolute Gasteiger partial charge is 0.328 e. The molecule has 3 N–H and O–H groups in total. The van der Waals surface area contributed by atoms with Gasteiger partial charge in [0.15, 0.2) is 5.69 Å². The zero-order valence-electron chi connectivity index (χ0n) is 22.2. The highest BCUT2D eigenvalue weighted by molar-refractivity contribution is 5.98. The number of carbonyl (C=O) groups is 5. The lowest BCUT2D eigenvalue weighted by atomic mass is 9.91. The summed E-state index contributed by atoms with van der Waals surface area (Å²) in [6.45, 7) is 3.49. The minimum absolute atomic E-state index is 0.0575. The van der Waals surface area contributed by atoms with Crippen molar-refractivity contribution >= 4 is 29.6 Å². The Morgan fingerprint density at radius 1 is 1.13 bits per heavy atom. The quantitative estimate of drug-likeness (QED) is 0.469. The molecule has 4 heterocycles. The Morgan fingerprint density at radius 3 is 2.46 bits per heavy atom. The molecule has 12 heteroatoms. The molecule has 1 fully saturated rings. The van der Waals surface area contributed by atoms with Crippen LogP contribution in [0.25, 0.3) is 0 Å². The van der Waals surface area contributed by atoms with Gasteiger partial charge in [-0.15, -0.1) is 0 Å². The molecule has 2 aromatic rings. The minimum atomic E-state index is -0.940. The van der Waals surface area contributed by atoms with Crippen molar-refractivity contribution < 1.29 is 33.2 Å². The van der Waals surface area contributed by atoms with Crippen LogP contribution in [0, 0.1) is 12.8 Å². The average Bonchev–Trinajstić information content (AvgIpc) is 3.59. The molecule has 39 heavy (non-hydrogen) atoms. The van der Waals surface area contributed by atoms with Crippen LogP contribution in [-0.4, -0.2) is 78.0 Å². The molecule has 4 atom stereocenters. The third-order valence-corrected chi connectivity index (χ3v) is 7.09. The molecule has 1 aromatic heterocycles. The zero-order valence-corrected chi connectivity index (χ0v) is 22.2. The molecule has 3 aliphatic heterocycles.